The lowest BCUT2D eigenvalue weighted by atomic mass is 9.86. The number of nitrogens with one attached hydrogen (secondary N) is 1. The lowest BCUT2D eigenvalue weighted by Gasteiger charge is -2.23. The molecule has 1 saturated heterocycles. The van der Waals surface area contributed by atoms with Crippen molar-refractivity contribution in [3.05, 3.63) is 15.6 Å². The molecule has 2 fully saturated rings. The molecule has 2 aliphatic rings. The van der Waals surface area contributed by atoms with Crippen LogP contribution in [0.15, 0.2) is 0 Å². The van der Waals surface area contributed by atoms with Crippen molar-refractivity contribution in [3.63, 3.8) is 0 Å². The molecule has 0 radical (unpaired) electrons. The predicted octanol–water partition coefficient (Wildman–Crippen LogP) is 2.25. The van der Waals surface area contributed by atoms with Gasteiger partial charge in [-0.3, -0.25) is 0 Å². The molecular formula is C13H20N2OS. The molecule has 1 aliphatic carbocycles. The third kappa shape index (κ3) is 2.54. The topological polar surface area (TPSA) is 34.2 Å². The van der Waals surface area contributed by atoms with Gasteiger partial charge in [0.05, 0.1) is 23.4 Å². The Morgan fingerprint density at radius 2 is 2.35 bits per heavy atom. The molecule has 1 aromatic heterocycles. The van der Waals surface area contributed by atoms with E-state index in [2.05, 4.69) is 12.2 Å². The van der Waals surface area contributed by atoms with Crippen LogP contribution in [0.25, 0.3) is 0 Å². The summed E-state index contributed by atoms with van der Waals surface area (Å²) in [5, 5.41) is 4.75. The van der Waals surface area contributed by atoms with Crippen molar-refractivity contribution >= 4 is 11.3 Å². The molecule has 1 aliphatic heterocycles. The maximum atomic E-state index is 5.76. The van der Waals surface area contributed by atoms with Crippen LogP contribution in [0.3, 0.4) is 0 Å². The third-order valence-corrected chi connectivity index (χ3v) is 5.12. The van der Waals surface area contributed by atoms with Crippen LogP contribution < -0.4 is 5.32 Å². The van der Waals surface area contributed by atoms with Crippen molar-refractivity contribution < 1.29 is 4.74 Å². The molecular weight excluding hydrogens is 232 g/mol. The molecule has 1 unspecified atom stereocenters. The Kier molecular flexibility index (Phi) is 3.45. The van der Waals surface area contributed by atoms with E-state index in [0.29, 0.717) is 6.10 Å². The van der Waals surface area contributed by atoms with Gasteiger partial charge in [-0.25, -0.2) is 4.98 Å². The molecule has 3 rings (SSSR count). The van der Waals surface area contributed by atoms with Gasteiger partial charge in [0.2, 0.25) is 0 Å². The van der Waals surface area contributed by atoms with Gasteiger partial charge in [-0.05, 0) is 19.8 Å². The van der Waals surface area contributed by atoms with Gasteiger partial charge in [0.25, 0.3) is 0 Å². The summed E-state index contributed by atoms with van der Waals surface area (Å²) in [4.78, 5) is 6.17. The number of aromatic nitrogens is 1. The predicted molar refractivity (Wildman–Crippen MR) is 69.8 cm³/mol. The van der Waals surface area contributed by atoms with Crippen LogP contribution in [0.1, 0.15) is 40.8 Å². The zero-order chi connectivity index (χ0) is 11.7. The highest BCUT2D eigenvalue weighted by Gasteiger charge is 2.25. The summed E-state index contributed by atoms with van der Waals surface area (Å²) in [6, 6.07) is 0. The first-order valence-electron chi connectivity index (χ1n) is 6.61. The van der Waals surface area contributed by atoms with Gasteiger partial charge in [0.1, 0.15) is 0 Å². The second-order valence-corrected chi connectivity index (χ2v) is 6.20. The SMILES string of the molecule is Cc1nc(C2CCC2)sc1CC1CNCCO1. The van der Waals surface area contributed by atoms with Gasteiger partial charge in [-0.2, -0.15) is 0 Å². The van der Waals surface area contributed by atoms with Crippen LogP contribution in [0, 0.1) is 6.92 Å². The maximum Gasteiger partial charge on any atom is 0.0961 e. The largest absolute Gasteiger partial charge is 0.375 e. The summed E-state index contributed by atoms with van der Waals surface area (Å²) in [5.74, 6) is 0.762. The fourth-order valence-electron chi connectivity index (χ4n) is 2.43. The quantitative estimate of drug-likeness (QED) is 0.896. The van der Waals surface area contributed by atoms with E-state index < -0.39 is 0 Å². The summed E-state index contributed by atoms with van der Waals surface area (Å²) in [6.45, 7) is 4.96. The van der Waals surface area contributed by atoms with Gasteiger partial charge in [0.15, 0.2) is 0 Å². The molecule has 94 valence electrons. The van der Waals surface area contributed by atoms with Crippen molar-refractivity contribution in [2.24, 2.45) is 0 Å². The van der Waals surface area contributed by atoms with E-state index in [1.54, 1.807) is 0 Å². The van der Waals surface area contributed by atoms with E-state index in [4.69, 9.17) is 9.72 Å². The highest BCUT2D eigenvalue weighted by Crippen LogP contribution is 2.39. The minimum Gasteiger partial charge on any atom is -0.375 e. The smallest absolute Gasteiger partial charge is 0.0961 e. The maximum absolute atomic E-state index is 5.76. The Hall–Kier alpha value is -0.450. The number of hydrogen-bond donors (Lipinski definition) is 1. The summed E-state index contributed by atoms with van der Waals surface area (Å²) >= 11 is 1.92. The second-order valence-electron chi connectivity index (χ2n) is 5.09. The summed E-state index contributed by atoms with van der Waals surface area (Å²) in [7, 11) is 0. The Bertz CT molecular complexity index is 381. The van der Waals surface area contributed by atoms with Crippen LogP contribution in [-0.4, -0.2) is 30.8 Å². The van der Waals surface area contributed by atoms with Gasteiger partial charge >= 0.3 is 0 Å². The van der Waals surface area contributed by atoms with E-state index >= 15 is 0 Å². The molecule has 4 heteroatoms. The molecule has 0 bridgehead atoms. The summed E-state index contributed by atoms with van der Waals surface area (Å²) < 4.78 is 5.76. The Morgan fingerprint density at radius 3 is 3.00 bits per heavy atom. The highest BCUT2D eigenvalue weighted by atomic mass is 32.1. The second kappa shape index (κ2) is 5.04. The lowest BCUT2D eigenvalue weighted by molar-refractivity contribution is 0.0296. The Morgan fingerprint density at radius 1 is 1.47 bits per heavy atom. The molecule has 1 N–H and O–H groups in total. The van der Waals surface area contributed by atoms with Crippen molar-refractivity contribution in [2.75, 3.05) is 19.7 Å². The summed E-state index contributed by atoms with van der Waals surface area (Å²) in [6.07, 6.45) is 5.44. The van der Waals surface area contributed by atoms with Crippen LogP contribution in [0.2, 0.25) is 0 Å². The first-order chi connectivity index (χ1) is 8.33. The van der Waals surface area contributed by atoms with Crippen LogP contribution >= 0.6 is 11.3 Å². The molecule has 1 atom stereocenters. The molecule has 1 saturated carbocycles. The molecule has 1 aromatic rings. The number of nitrogens with zero attached hydrogens (tertiary/aromatic N) is 1. The number of hydrogen-bond acceptors (Lipinski definition) is 4. The summed E-state index contributed by atoms with van der Waals surface area (Å²) in [5.41, 5.74) is 1.23. The van der Waals surface area contributed by atoms with E-state index in [1.807, 2.05) is 11.3 Å². The molecule has 0 amide bonds. The van der Waals surface area contributed by atoms with Gasteiger partial charge in [-0.15, -0.1) is 11.3 Å². The number of ether oxygens (including phenoxy) is 1. The molecule has 0 aromatic carbocycles. The van der Waals surface area contributed by atoms with Crippen LogP contribution in [0.5, 0.6) is 0 Å². The lowest BCUT2D eigenvalue weighted by Crippen LogP contribution is -2.39. The van der Waals surface area contributed by atoms with E-state index in [0.717, 1.165) is 32.0 Å². The zero-order valence-electron chi connectivity index (χ0n) is 10.4. The molecule has 2 heterocycles. The number of rotatable bonds is 3. The molecule has 3 nitrogen and oxygen atoms in total. The molecule has 0 spiro atoms. The zero-order valence-corrected chi connectivity index (χ0v) is 11.2. The minimum absolute atomic E-state index is 0.345. The molecule has 17 heavy (non-hydrogen) atoms. The standard InChI is InChI=1S/C13H20N2OS/c1-9-12(7-11-8-14-5-6-16-11)17-13(15-9)10-3-2-4-10/h10-11,14H,2-8H2,1H3. The van der Waals surface area contributed by atoms with Crippen LogP contribution in [-0.2, 0) is 11.2 Å². The van der Waals surface area contributed by atoms with Gasteiger partial charge < -0.3 is 10.1 Å². The average Bonchev–Trinajstić information content (AvgIpc) is 2.59. The van der Waals surface area contributed by atoms with Crippen molar-refractivity contribution in [1.29, 1.82) is 0 Å². The number of thiazole rings is 1. The fourth-order valence-corrected chi connectivity index (χ4v) is 3.73. The van der Waals surface area contributed by atoms with Gasteiger partial charge in [-0.1, -0.05) is 6.42 Å². The minimum atomic E-state index is 0.345. The Balaban J connectivity index is 1.66. The van der Waals surface area contributed by atoms with Crippen molar-refractivity contribution in [3.8, 4) is 0 Å². The van der Waals surface area contributed by atoms with E-state index in [-0.39, 0.29) is 0 Å². The van der Waals surface area contributed by atoms with Crippen LogP contribution in [0.4, 0.5) is 0 Å². The van der Waals surface area contributed by atoms with Gasteiger partial charge in [0, 0.05) is 30.3 Å². The van der Waals surface area contributed by atoms with E-state index in [9.17, 15) is 0 Å². The Labute approximate surface area is 107 Å². The number of aryl methyl sites for hydroxylation is 1. The normalized spacial score (nSPS) is 25.8. The fraction of sp³-hybridized carbons (Fsp3) is 0.769. The van der Waals surface area contributed by atoms with Crippen molar-refractivity contribution in [1.82, 2.24) is 10.3 Å². The third-order valence-electron chi connectivity index (χ3n) is 3.78. The van der Waals surface area contributed by atoms with E-state index in [1.165, 1.54) is 34.8 Å². The average molecular weight is 252 g/mol. The van der Waals surface area contributed by atoms with Crippen molar-refractivity contribution in [2.45, 2.75) is 44.6 Å². The monoisotopic (exact) mass is 252 g/mol. The number of morpholine rings is 1. The first kappa shape index (κ1) is 11.6. The first-order valence-corrected chi connectivity index (χ1v) is 7.43. The highest BCUT2D eigenvalue weighted by molar-refractivity contribution is 7.11.